The molecule has 40 heavy (non-hydrogen) atoms. The van der Waals surface area contributed by atoms with Crippen molar-refractivity contribution in [3.05, 3.63) is 83.9 Å². The maximum atomic E-state index is 12.4. The van der Waals surface area contributed by atoms with E-state index in [1.54, 1.807) is 6.92 Å². The molecular weight excluding hydrogens is 504 g/mol. The van der Waals surface area contributed by atoms with Crippen molar-refractivity contribution in [3.63, 3.8) is 0 Å². The minimum atomic E-state index is -0.661. The topological polar surface area (TPSA) is 116 Å². The molecule has 3 aromatic carbocycles. The van der Waals surface area contributed by atoms with Crippen molar-refractivity contribution < 1.29 is 19.2 Å². The molecule has 8 nitrogen and oxygen atoms in total. The standard InChI is InChI=1S/C26H29N3O3.C6H13NO/c1-19(26(32)28-18-22-12-7-11-21-10-5-6-13-23(21)22)29-25(31)16-17-27-24(30)15-14-20-8-3-2-4-9-20;1-5(8)7-6(2,3)4/h2-13,19H,14-18H2,1H3,(H,27,30)(H,28,32)(H,29,31);1-4H3,(H,7,8). The summed E-state index contributed by atoms with van der Waals surface area (Å²) in [6.45, 7) is 9.65. The van der Waals surface area contributed by atoms with E-state index < -0.39 is 6.04 Å². The average molecular weight is 547 g/mol. The highest BCUT2D eigenvalue weighted by molar-refractivity contribution is 5.89. The highest BCUT2D eigenvalue weighted by Crippen LogP contribution is 2.18. The van der Waals surface area contributed by atoms with E-state index in [1.807, 2.05) is 93.6 Å². The molecule has 1 unspecified atom stereocenters. The van der Waals surface area contributed by atoms with Gasteiger partial charge in [0.15, 0.2) is 0 Å². The fourth-order valence-corrected chi connectivity index (χ4v) is 4.00. The number of hydrogen-bond acceptors (Lipinski definition) is 4. The molecule has 0 spiro atoms. The molecule has 0 saturated heterocycles. The lowest BCUT2D eigenvalue weighted by molar-refractivity contribution is -0.128. The zero-order valence-electron chi connectivity index (χ0n) is 24.2. The highest BCUT2D eigenvalue weighted by atomic mass is 16.2. The van der Waals surface area contributed by atoms with Gasteiger partial charge in [-0.2, -0.15) is 0 Å². The lowest BCUT2D eigenvalue weighted by atomic mass is 10.0. The minimum Gasteiger partial charge on any atom is -0.356 e. The Hall–Kier alpha value is -4.20. The van der Waals surface area contributed by atoms with Crippen LogP contribution in [-0.4, -0.2) is 41.8 Å². The molecule has 0 saturated carbocycles. The number of fused-ring (bicyclic) bond motifs is 1. The Balaban J connectivity index is 0.000000611. The maximum absolute atomic E-state index is 12.4. The van der Waals surface area contributed by atoms with E-state index in [4.69, 9.17) is 0 Å². The summed E-state index contributed by atoms with van der Waals surface area (Å²) in [7, 11) is 0. The van der Waals surface area contributed by atoms with Gasteiger partial charge in [-0.05, 0) is 56.0 Å². The van der Waals surface area contributed by atoms with Gasteiger partial charge in [-0.3, -0.25) is 19.2 Å². The van der Waals surface area contributed by atoms with Crippen molar-refractivity contribution in [1.29, 1.82) is 0 Å². The first-order valence-corrected chi connectivity index (χ1v) is 13.6. The number of nitrogens with one attached hydrogen (secondary N) is 4. The molecule has 0 heterocycles. The average Bonchev–Trinajstić information content (AvgIpc) is 2.90. The van der Waals surface area contributed by atoms with Gasteiger partial charge in [0, 0.05) is 38.4 Å². The molecule has 3 rings (SSSR count). The van der Waals surface area contributed by atoms with E-state index in [0.29, 0.717) is 19.4 Å². The van der Waals surface area contributed by atoms with E-state index in [0.717, 1.165) is 21.9 Å². The lowest BCUT2D eigenvalue weighted by Gasteiger charge is -2.18. The summed E-state index contributed by atoms with van der Waals surface area (Å²) < 4.78 is 0. The molecule has 0 aliphatic rings. The van der Waals surface area contributed by atoms with E-state index in [1.165, 1.54) is 6.92 Å². The van der Waals surface area contributed by atoms with Gasteiger partial charge < -0.3 is 21.3 Å². The number of benzene rings is 3. The Morgan fingerprint density at radius 2 is 1.43 bits per heavy atom. The number of carbonyl (C=O) groups excluding carboxylic acids is 4. The Morgan fingerprint density at radius 1 is 0.775 bits per heavy atom. The van der Waals surface area contributed by atoms with Crippen LogP contribution in [0, 0.1) is 0 Å². The summed E-state index contributed by atoms with van der Waals surface area (Å²) in [4.78, 5) is 46.8. The quantitative estimate of drug-likeness (QED) is 0.307. The van der Waals surface area contributed by atoms with Crippen LogP contribution in [0.2, 0.25) is 0 Å². The second-order valence-electron chi connectivity index (χ2n) is 10.7. The van der Waals surface area contributed by atoms with E-state index >= 15 is 0 Å². The predicted octanol–water partition coefficient (Wildman–Crippen LogP) is 4.02. The molecule has 4 amide bonds. The molecule has 8 heteroatoms. The summed E-state index contributed by atoms with van der Waals surface area (Å²) in [5, 5.41) is 13.3. The Bertz CT molecular complexity index is 1260. The van der Waals surface area contributed by atoms with Crippen molar-refractivity contribution >= 4 is 34.4 Å². The first kappa shape index (κ1) is 32.0. The van der Waals surface area contributed by atoms with E-state index in [9.17, 15) is 19.2 Å². The first-order chi connectivity index (χ1) is 18.9. The summed E-state index contributed by atoms with van der Waals surface area (Å²) >= 11 is 0. The zero-order valence-corrected chi connectivity index (χ0v) is 24.2. The molecule has 0 aliphatic carbocycles. The van der Waals surface area contributed by atoms with Crippen LogP contribution < -0.4 is 21.3 Å². The normalized spacial score (nSPS) is 11.4. The highest BCUT2D eigenvalue weighted by Gasteiger charge is 2.16. The third kappa shape index (κ3) is 12.6. The second-order valence-corrected chi connectivity index (χ2v) is 10.7. The van der Waals surface area contributed by atoms with Gasteiger partial charge in [0.1, 0.15) is 6.04 Å². The van der Waals surface area contributed by atoms with Crippen LogP contribution in [0.1, 0.15) is 58.6 Å². The van der Waals surface area contributed by atoms with Crippen LogP contribution in [0.15, 0.2) is 72.8 Å². The summed E-state index contributed by atoms with van der Waals surface area (Å²) in [6.07, 6.45) is 1.16. The molecule has 0 radical (unpaired) electrons. The van der Waals surface area contributed by atoms with E-state index in [-0.39, 0.29) is 42.1 Å². The smallest absolute Gasteiger partial charge is 0.242 e. The summed E-state index contributed by atoms with van der Waals surface area (Å²) in [6, 6.07) is 23.1. The number of aryl methyl sites for hydroxylation is 1. The Kier molecular flexibility index (Phi) is 12.8. The molecule has 1 atom stereocenters. The van der Waals surface area contributed by atoms with Crippen LogP contribution in [0.3, 0.4) is 0 Å². The number of carbonyl (C=O) groups is 4. The zero-order chi connectivity index (χ0) is 29.5. The Morgan fingerprint density at radius 3 is 2.08 bits per heavy atom. The largest absolute Gasteiger partial charge is 0.356 e. The van der Waals surface area contributed by atoms with Crippen LogP contribution >= 0.6 is 0 Å². The predicted molar refractivity (Wildman–Crippen MR) is 159 cm³/mol. The molecule has 0 fully saturated rings. The fourth-order valence-electron chi connectivity index (χ4n) is 4.00. The van der Waals surface area contributed by atoms with Gasteiger partial charge in [-0.15, -0.1) is 0 Å². The summed E-state index contributed by atoms with van der Waals surface area (Å²) in [5.74, 6) is -0.598. The number of rotatable bonds is 10. The van der Waals surface area contributed by atoms with Crippen molar-refractivity contribution in [2.24, 2.45) is 0 Å². The minimum absolute atomic E-state index is 0.0255. The molecular formula is C32H42N4O4. The third-order valence-corrected chi connectivity index (χ3v) is 5.81. The van der Waals surface area contributed by atoms with Gasteiger partial charge in [-0.1, -0.05) is 72.8 Å². The van der Waals surface area contributed by atoms with Gasteiger partial charge in [0.05, 0.1) is 0 Å². The van der Waals surface area contributed by atoms with Gasteiger partial charge >= 0.3 is 0 Å². The van der Waals surface area contributed by atoms with Crippen molar-refractivity contribution in [1.82, 2.24) is 21.3 Å². The monoisotopic (exact) mass is 546 g/mol. The van der Waals surface area contributed by atoms with Gasteiger partial charge in [-0.25, -0.2) is 0 Å². The molecule has 214 valence electrons. The van der Waals surface area contributed by atoms with Crippen LogP contribution in [0.25, 0.3) is 10.8 Å². The number of amides is 4. The van der Waals surface area contributed by atoms with Crippen molar-refractivity contribution in [3.8, 4) is 0 Å². The van der Waals surface area contributed by atoms with Crippen LogP contribution in [0.5, 0.6) is 0 Å². The molecule has 0 aliphatic heterocycles. The summed E-state index contributed by atoms with van der Waals surface area (Å²) in [5.41, 5.74) is 2.04. The Labute approximate surface area is 237 Å². The molecule has 0 bridgehead atoms. The van der Waals surface area contributed by atoms with Gasteiger partial charge in [0.25, 0.3) is 0 Å². The fraction of sp³-hybridized carbons (Fsp3) is 0.375. The van der Waals surface area contributed by atoms with Crippen LogP contribution in [0.4, 0.5) is 0 Å². The SMILES string of the molecule is CC(=O)NC(C)(C)C.CC(NC(=O)CCNC(=O)CCc1ccccc1)C(=O)NCc1cccc2ccccc12. The van der Waals surface area contributed by atoms with Crippen molar-refractivity contribution in [2.75, 3.05) is 6.54 Å². The molecule has 0 aromatic heterocycles. The molecule has 4 N–H and O–H groups in total. The van der Waals surface area contributed by atoms with Crippen molar-refractivity contribution in [2.45, 2.75) is 72.0 Å². The second kappa shape index (κ2) is 16.0. The van der Waals surface area contributed by atoms with E-state index in [2.05, 4.69) is 21.3 Å². The van der Waals surface area contributed by atoms with Gasteiger partial charge in [0.2, 0.25) is 23.6 Å². The molecule has 3 aromatic rings. The number of hydrogen-bond donors (Lipinski definition) is 4. The third-order valence-electron chi connectivity index (χ3n) is 5.81. The first-order valence-electron chi connectivity index (χ1n) is 13.6. The maximum Gasteiger partial charge on any atom is 0.242 e. The lowest BCUT2D eigenvalue weighted by Crippen LogP contribution is -2.45. The van der Waals surface area contributed by atoms with Crippen LogP contribution in [-0.2, 0) is 32.1 Å².